The van der Waals surface area contributed by atoms with Crippen molar-refractivity contribution in [3.05, 3.63) is 33.0 Å². The first-order chi connectivity index (χ1) is 9.24. The largest absolute Gasteiger partial charge is 0.351 e. The van der Waals surface area contributed by atoms with E-state index in [-0.39, 0.29) is 5.78 Å². The molecule has 0 N–H and O–H groups in total. The lowest BCUT2D eigenvalue weighted by molar-refractivity contribution is 0.0976. The van der Waals surface area contributed by atoms with Gasteiger partial charge in [-0.15, -0.1) is 11.3 Å². The van der Waals surface area contributed by atoms with E-state index in [1.165, 1.54) is 4.88 Å². The summed E-state index contributed by atoms with van der Waals surface area (Å²) < 4.78 is 0. The van der Waals surface area contributed by atoms with Gasteiger partial charge in [0, 0.05) is 24.9 Å². The van der Waals surface area contributed by atoms with Crippen LogP contribution in [0.1, 0.15) is 33.1 Å². The Labute approximate surface area is 120 Å². The lowest BCUT2D eigenvalue weighted by Gasteiger charge is -2.14. The van der Waals surface area contributed by atoms with E-state index in [9.17, 15) is 4.79 Å². The molecular formula is C14H16N2OS2. The summed E-state index contributed by atoms with van der Waals surface area (Å²) in [6.07, 6.45) is 3.63. The normalized spacial score (nSPS) is 14.5. The van der Waals surface area contributed by atoms with E-state index in [2.05, 4.69) is 34.4 Å². The van der Waals surface area contributed by atoms with Crippen LogP contribution in [0.15, 0.2) is 17.5 Å². The van der Waals surface area contributed by atoms with Crippen molar-refractivity contribution in [2.75, 3.05) is 18.5 Å². The number of thiophene rings is 1. The van der Waals surface area contributed by atoms with E-state index in [0.29, 0.717) is 6.42 Å². The van der Waals surface area contributed by atoms with Gasteiger partial charge in [-0.25, -0.2) is 4.98 Å². The molecule has 2 aromatic heterocycles. The maximum atomic E-state index is 11.8. The Kier molecular flexibility index (Phi) is 3.66. The molecule has 0 unspecified atom stereocenters. The molecule has 0 radical (unpaired) electrons. The van der Waals surface area contributed by atoms with Gasteiger partial charge in [-0.05, 0) is 30.7 Å². The number of hydrogen-bond donors (Lipinski definition) is 0. The average Bonchev–Trinajstić information content (AvgIpc) is 3.05. The van der Waals surface area contributed by atoms with Crippen LogP contribution < -0.4 is 4.90 Å². The number of Topliss-reactive ketones (excluding diaryl/α,β-unsaturated/α-hetero) is 1. The lowest BCUT2D eigenvalue weighted by atomic mass is 10.0. The van der Waals surface area contributed by atoms with Crippen LogP contribution in [-0.4, -0.2) is 24.4 Å². The van der Waals surface area contributed by atoms with Crippen molar-refractivity contribution in [3.8, 4) is 0 Å². The van der Waals surface area contributed by atoms with Gasteiger partial charge in [-0.1, -0.05) is 17.4 Å². The van der Waals surface area contributed by atoms with E-state index >= 15 is 0 Å². The Balaban J connectivity index is 1.70. The molecule has 19 heavy (non-hydrogen) atoms. The van der Waals surface area contributed by atoms with Crippen molar-refractivity contribution in [3.63, 3.8) is 0 Å². The number of carbonyl (C=O) groups excluding carboxylic acids is 1. The Bertz CT molecular complexity index is 574. The average molecular weight is 292 g/mol. The van der Waals surface area contributed by atoms with Crippen LogP contribution in [0.5, 0.6) is 0 Å². The second kappa shape index (κ2) is 5.43. The van der Waals surface area contributed by atoms with Crippen molar-refractivity contribution >= 4 is 33.6 Å². The molecule has 1 aliphatic rings. The SMILES string of the molecule is CN(CCc1cccs1)c1nc2c(s1)C(=O)CCC2. The quantitative estimate of drug-likeness (QED) is 0.866. The first-order valence-corrected chi connectivity index (χ1v) is 8.20. The Morgan fingerprint density at radius 2 is 2.32 bits per heavy atom. The summed E-state index contributed by atoms with van der Waals surface area (Å²) in [5.41, 5.74) is 1.01. The number of fused-ring (bicyclic) bond motifs is 1. The summed E-state index contributed by atoms with van der Waals surface area (Å²) >= 11 is 3.35. The van der Waals surface area contributed by atoms with Crippen LogP contribution in [0, 0.1) is 0 Å². The summed E-state index contributed by atoms with van der Waals surface area (Å²) in [6.45, 7) is 0.946. The van der Waals surface area contributed by atoms with Gasteiger partial charge in [-0.2, -0.15) is 0 Å². The minimum Gasteiger partial charge on any atom is -0.351 e. The molecule has 3 rings (SSSR count). The van der Waals surface area contributed by atoms with Crippen molar-refractivity contribution in [2.45, 2.75) is 25.7 Å². The number of anilines is 1. The van der Waals surface area contributed by atoms with E-state index in [1.807, 2.05) is 0 Å². The summed E-state index contributed by atoms with van der Waals surface area (Å²) in [6, 6.07) is 4.25. The molecule has 1 aliphatic carbocycles. The van der Waals surface area contributed by atoms with E-state index in [4.69, 9.17) is 0 Å². The number of carbonyl (C=O) groups is 1. The standard InChI is InChI=1S/C14H16N2OS2/c1-16(8-7-10-4-3-9-18-10)14-15-11-5-2-6-12(17)13(11)19-14/h3-4,9H,2,5-8H2,1H3. The fourth-order valence-electron chi connectivity index (χ4n) is 2.25. The number of thiazole rings is 1. The highest BCUT2D eigenvalue weighted by molar-refractivity contribution is 7.17. The molecule has 0 saturated carbocycles. The smallest absolute Gasteiger partial charge is 0.185 e. The Morgan fingerprint density at radius 1 is 1.42 bits per heavy atom. The molecule has 2 heterocycles. The van der Waals surface area contributed by atoms with E-state index in [0.717, 1.165) is 41.5 Å². The number of hydrogen-bond acceptors (Lipinski definition) is 5. The topological polar surface area (TPSA) is 33.2 Å². The highest BCUT2D eigenvalue weighted by Gasteiger charge is 2.23. The maximum absolute atomic E-state index is 11.8. The Hall–Kier alpha value is -1.20. The van der Waals surface area contributed by atoms with Gasteiger partial charge in [0.25, 0.3) is 0 Å². The third-order valence-electron chi connectivity index (χ3n) is 3.36. The van der Waals surface area contributed by atoms with Crippen molar-refractivity contribution in [2.24, 2.45) is 0 Å². The second-order valence-corrected chi connectivity index (χ2v) is 6.81. The van der Waals surface area contributed by atoms with Gasteiger partial charge in [0.15, 0.2) is 10.9 Å². The predicted molar refractivity (Wildman–Crippen MR) is 80.7 cm³/mol. The number of ketones is 1. The highest BCUT2D eigenvalue weighted by Crippen LogP contribution is 2.31. The molecule has 0 aliphatic heterocycles. The van der Waals surface area contributed by atoms with E-state index < -0.39 is 0 Å². The molecule has 0 amide bonds. The molecule has 0 fully saturated rings. The number of aryl methyl sites for hydroxylation is 1. The molecule has 5 heteroatoms. The molecule has 0 saturated heterocycles. The van der Waals surface area contributed by atoms with Crippen LogP contribution in [0.4, 0.5) is 5.13 Å². The van der Waals surface area contributed by atoms with Gasteiger partial charge in [-0.3, -0.25) is 4.79 Å². The molecule has 3 nitrogen and oxygen atoms in total. The zero-order valence-corrected chi connectivity index (χ0v) is 12.5. The summed E-state index contributed by atoms with van der Waals surface area (Å²) in [5, 5.41) is 3.09. The molecule has 0 bridgehead atoms. The number of aromatic nitrogens is 1. The molecule has 0 aromatic carbocycles. The number of rotatable bonds is 4. The fourth-order valence-corrected chi connectivity index (χ4v) is 4.01. The van der Waals surface area contributed by atoms with Gasteiger partial charge in [0.1, 0.15) is 0 Å². The molecule has 2 aromatic rings. The predicted octanol–water partition coefficient (Wildman–Crippen LogP) is 3.40. The molecule has 100 valence electrons. The maximum Gasteiger partial charge on any atom is 0.185 e. The highest BCUT2D eigenvalue weighted by atomic mass is 32.1. The van der Waals surface area contributed by atoms with E-state index in [1.54, 1.807) is 22.7 Å². The van der Waals surface area contributed by atoms with Crippen molar-refractivity contribution in [1.82, 2.24) is 4.98 Å². The van der Waals surface area contributed by atoms with Crippen LogP contribution in [-0.2, 0) is 12.8 Å². The van der Waals surface area contributed by atoms with Crippen LogP contribution in [0.3, 0.4) is 0 Å². The van der Waals surface area contributed by atoms with Crippen LogP contribution in [0.25, 0.3) is 0 Å². The molecular weight excluding hydrogens is 276 g/mol. The zero-order chi connectivity index (χ0) is 13.2. The van der Waals surface area contributed by atoms with Crippen LogP contribution in [0.2, 0.25) is 0 Å². The Morgan fingerprint density at radius 3 is 3.05 bits per heavy atom. The number of nitrogens with zero attached hydrogens (tertiary/aromatic N) is 2. The third kappa shape index (κ3) is 2.72. The monoisotopic (exact) mass is 292 g/mol. The van der Waals surface area contributed by atoms with Crippen molar-refractivity contribution in [1.29, 1.82) is 0 Å². The first kappa shape index (κ1) is 12.8. The molecule has 0 spiro atoms. The van der Waals surface area contributed by atoms with Gasteiger partial charge < -0.3 is 4.90 Å². The first-order valence-electron chi connectivity index (χ1n) is 6.50. The third-order valence-corrected chi connectivity index (χ3v) is 5.55. The van der Waals surface area contributed by atoms with Crippen molar-refractivity contribution < 1.29 is 4.79 Å². The molecule has 0 atom stereocenters. The summed E-state index contributed by atoms with van der Waals surface area (Å²) in [5.74, 6) is 0.275. The summed E-state index contributed by atoms with van der Waals surface area (Å²) in [7, 11) is 2.06. The van der Waals surface area contributed by atoms with Gasteiger partial charge in [0.05, 0.1) is 10.6 Å². The zero-order valence-electron chi connectivity index (χ0n) is 10.9. The lowest BCUT2D eigenvalue weighted by Crippen LogP contribution is -2.19. The fraction of sp³-hybridized carbons (Fsp3) is 0.429. The second-order valence-electron chi connectivity index (χ2n) is 4.80. The van der Waals surface area contributed by atoms with Gasteiger partial charge >= 0.3 is 0 Å². The summed E-state index contributed by atoms with van der Waals surface area (Å²) in [4.78, 5) is 20.9. The van der Waals surface area contributed by atoms with Crippen LogP contribution >= 0.6 is 22.7 Å². The number of likely N-dealkylation sites (N-methyl/N-ethyl adjacent to an activating group) is 1. The minimum atomic E-state index is 0.275. The van der Waals surface area contributed by atoms with Gasteiger partial charge in [0.2, 0.25) is 0 Å². The minimum absolute atomic E-state index is 0.275.